The van der Waals surface area contributed by atoms with E-state index in [2.05, 4.69) is 9.97 Å². The van der Waals surface area contributed by atoms with Crippen LogP contribution in [0.1, 0.15) is 34.8 Å². The molecule has 0 atom stereocenters. The lowest BCUT2D eigenvalue weighted by atomic mass is 10.2. The van der Waals surface area contributed by atoms with E-state index in [9.17, 15) is 4.79 Å². The Balaban J connectivity index is 1.89. The first-order chi connectivity index (χ1) is 12.1. The van der Waals surface area contributed by atoms with E-state index >= 15 is 0 Å². The maximum absolute atomic E-state index is 13.1. The monoisotopic (exact) mass is 351 g/mol. The van der Waals surface area contributed by atoms with E-state index in [0.717, 1.165) is 22.0 Å². The molecular formula is C20H21N3OS. The third-order valence-corrected chi connectivity index (χ3v) is 5.12. The zero-order chi connectivity index (χ0) is 17.8. The second-order valence-electron chi connectivity index (χ2n) is 6.16. The summed E-state index contributed by atoms with van der Waals surface area (Å²) in [5.74, 6) is 0.0241. The third-order valence-electron chi connectivity index (χ3n) is 3.95. The number of aromatic nitrogens is 2. The summed E-state index contributed by atoms with van der Waals surface area (Å²) in [7, 11) is 0. The van der Waals surface area contributed by atoms with E-state index in [-0.39, 0.29) is 11.9 Å². The predicted molar refractivity (Wildman–Crippen MR) is 102 cm³/mol. The molecule has 3 rings (SSSR count). The normalized spacial score (nSPS) is 10.9. The van der Waals surface area contributed by atoms with Gasteiger partial charge in [-0.05, 0) is 38.5 Å². The molecule has 0 saturated heterocycles. The molecule has 3 aromatic rings. The Morgan fingerprint density at radius 1 is 1.12 bits per heavy atom. The van der Waals surface area contributed by atoms with Crippen LogP contribution in [0.5, 0.6) is 0 Å². The highest BCUT2D eigenvalue weighted by Crippen LogP contribution is 2.28. The number of aryl methyl sites for hydroxylation is 1. The van der Waals surface area contributed by atoms with Crippen LogP contribution in [-0.4, -0.2) is 26.8 Å². The Kier molecular flexibility index (Phi) is 5.24. The van der Waals surface area contributed by atoms with Gasteiger partial charge in [0.2, 0.25) is 0 Å². The number of rotatable bonds is 5. The van der Waals surface area contributed by atoms with Crippen LogP contribution < -0.4 is 0 Å². The van der Waals surface area contributed by atoms with Gasteiger partial charge in [-0.3, -0.25) is 9.78 Å². The Hall–Kier alpha value is -2.53. The summed E-state index contributed by atoms with van der Waals surface area (Å²) in [6, 6.07) is 15.9. The predicted octanol–water partition coefficient (Wildman–Crippen LogP) is 4.56. The number of benzene rings is 1. The molecule has 1 amide bonds. The smallest absolute Gasteiger partial charge is 0.266 e. The molecule has 0 aliphatic heterocycles. The lowest BCUT2D eigenvalue weighted by molar-refractivity contribution is 0.0694. The number of hydrogen-bond donors (Lipinski definition) is 0. The van der Waals surface area contributed by atoms with Gasteiger partial charge < -0.3 is 4.90 Å². The summed E-state index contributed by atoms with van der Waals surface area (Å²) < 4.78 is 0. The number of nitrogens with zero attached hydrogens (tertiary/aromatic N) is 3. The molecule has 0 bridgehead atoms. The number of amides is 1. The van der Waals surface area contributed by atoms with Crippen molar-refractivity contribution in [1.29, 1.82) is 0 Å². The Bertz CT molecular complexity index is 844. The van der Waals surface area contributed by atoms with Gasteiger partial charge in [-0.1, -0.05) is 36.4 Å². The minimum Gasteiger partial charge on any atom is -0.331 e. The molecule has 0 aliphatic rings. The van der Waals surface area contributed by atoms with Crippen LogP contribution in [0.15, 0.2) is 54.7 Å². The first kappa shape index (κ1) is 17.3. The minimum absolute atomic E-state index is 0.0241. The van der Waals surface area contributed by atoms with Crippen LogP contribution in [0.25, 0.3) is 10.7 Å². The third kappa shape index (κ3) is 3.94. The lowest BCUT2D eigenvalue weighted by Crippen LogP contribution is -2.36. The zero-order valence-corrected chi connectivity index (χ0v) is 15.5. The van der Waals surface area contributed by atoms with Crippen molar-refractivity contribution in [2.45, 2.75) is 33.4 Å². The van der Waals surface area contributed by atoms with Crippen LogP contribution in [-0.2, 0) is 6.54 Å². The maximum atomic E-state index is 13.1. The quantitative estimate of drug-likeness (QED) is 0.677. The molecular weight excluding hydrogens is 330 g/mol. The largest absolute Gasteiger partial charge is 0.331 e. The molecule has 2 heterocycles. The van der Waals surface area contributed by atoms with Crippen molar-refractivity contribution < 1.29 is 4.79 Å². The van der Waals surface area contributed by atoms with Crippen LogP contribution in [0.2, 0.25) is 0 Å². The highest BCUT2D eigenvalue weighted by atomic mass is 32.1. The highest BCUT2D eigenvalue weighted by Gasteiger charge is 2.24. The van der Waals surface area contributed by atoms with E-state index < -0.39 is 0 Å². The fourth-order valence-corrected chi connectivity index (χ4v) is 3.59. The van der Waals surface area contributed by atoms with Gasteiger partial charge in [0, 0.05) is 18.8 Å². The molecule has 0 fully saturated rings. The summed E-state index contributed by atoms with van der Waals surface area (Å²) in [5, 5.41) is 0.782. The first-order valence-electron chi connectivity index (χ1n) is 8.30. The number of hydrogen-bond acceptors (Lipinski definition) is 4. The molecule has 2 aromatic heterocycles. The van der Waals surface area contributed by atoms with E-state index in [1.54, 1.807) is 6.20 Å². The molecule has 128 valence electrons. The summed E-state index contributed by atoms with van der Waals surface area (Å²) in [5.41, 5.74) is 2.68. The average Bonchev–Trinajstić information content (AvgIpc) is 3.02. The SMILES string of the molecule is Cc1nc(-c2ccccn2)sc1C(=O)N(Cc1ccccc1)C(C)C. The van der Waals surface area contributed by atoms with Gasteiger partial charge in [0.25, 0.3) is 5.91 Å². The van der Waals surface area contributed by atoms with Crippen LogP contribution in [0, 0.1) is 6.92 Å². The number of carbonyl (C=O) groups is 1. The molecule has 5 heteroatoms. The molecule has 0 unspecified atom stereocenters. The fourth-order valence-electron chi connectivity index (χ4n) is 2.59. The molecule has 0 radical (unpaired) electrons. The van der Waals surface area contributed by atoms with Gasteiger partial charge in [0.1, 0.15) is 9.88 Å². The molecule has 0 spiro atoms. The highest BCUT2D eigenvalue weighted by molar-refractivity contribution is 7.17. The number of pyridine rings is 1. The second kappa shape index (κ2) is 7.57. The number of carbonyl (C=O) groups excluding carboxylic acids is 1. The molecule has 1 aromatic carbocycles. The van der Waals surface area contributed by atoms with Crippen molar-refractivity contribution in [2.75, 3.05) is 0 Å². The molecule has 0 N–H and O–H groups in total. The standard InChI is InChI=1S/C20H21N3OS/c1-14(2)23(13-16-9-5-4-6-10-16)20(24)18-15(3)22-19(25-18)17-11-7-8-12-21-17/h4-12,14H,13H2,1-3H3. The minimum atomic E-state index is 0.0241. The zero-order valence-electron chi connectivity index (χ0n) is 14.6. The summed E-state index contributed by atoms with van der Waals surface area (Å²) in [4.78, 5) is 24.6. The van der Waals surface area contributed by atoms with Crippen LogP contribution in [0.3, 0.4) is 0 Å². The Morgan fingerprint density at radius 3 is 2.48 bits per heavy atom. The van der Waals surface area contributed by atoms with Gasteiger partial charge in [0.15, 0.2) is 0 Å². The van der Waals surface area contributed by atoms with E-state index in [4.69, 9.17) is 0 Å². The Morgan fingerprint density at radius 2 is 1.84 bits per heavy atom. The van der Waals surface area contributed by atoms with Gasteiger partial charge in [0.05, 0.1) is 11.4 Å². The summed E-state index contributed by atoms with van der Waals surface area (Å²) >= 11 is 1.41. The van der Waals surface area contributed by atoms with Crippen LogP contribution >= 0.6 is 11.3 Å². The van der Waals surface area contributed by atoms with Gasteiger partial charge in [-0.15, -0.1) is 11.3 Å². The molecule has 0 saturated carbocycles. The van der Waals surface area contributed by atoms with Crippen molar-refractivity contribution in [3.8, 4) is 10.7 Å². The second-order valence-corrected chi connectivity index (χ2v) is 7.16. The van der Waals surface area contributed by atoms with Crippen molar-refractivity contribution in [3.05, 3.63) is 70.9 Å². The van der Waals surface area contributed by atoms with Crippen molar-refractivity contribution in [3.63, 3.8) is 0 Å². The lowest BCUT2D eigenvalue weighted by Gasteiger charge is -2.26. The van der Waals surface area contributed by atoms with E-state index in [1.807, 2.05) is 74.2 Å². The number of thiazole rings is 1. The van der Waals surface area contributed by atoms with Crippen molar-refractivity contribution in [1.82, 2.24) is 14.9 Å². The van der Waals surface area contributed by atoms with Gasteiger partial charge in [-0.2, -0.15) is 0 Å². The molecule has 25 heavy (non-hydrogen) atoms. The van der Waals surface area contributed by atoms with Crippen molar-refractivity contribution >= 4 is 17.2 Å². The summed E-state index contributed by atoms with van der Waals surface area (Å²) in [6.07, 6.45) is 1.74. The van der Waals surface area contributed by atoms with Gasteiger partial charge in [-0.25, -0.2) is 4.98 Å². The maximum Gasteiger partial charge on any atom is 0.266 e. The summed E-state index contributed by atoms with van der Waals surface area (Å²) in [6.45, 7) is 6.55. The molecule has 4 nitrogen and oxygen atoms in total. The van der Waals surface area contributed by atoms with Gasteiger partial charge >= 0.3 is 0 Å². The average molecular weight is 351 g/mol. The van der Waals surface area contributed by atoms with E-state index in [0.29, 0.717) is 11.4 Å². The van der Waals surface area contributed by atoms with Crippen LogP contribution in [0.4, 0.5) is 0 Å². The topological polar surface area (TPSA) is 46.1 Å². The first-order valence-corrected chi connectivity index (χ1v) is 9.11. The van der Waals surface area contributed by atoms with E-state index in [1.165, 1.54) is 11.3 Å². The molecule has 0 aliphatic carbocycles. The Labute approximate surface area is 152 Å². The van der Waals surface area contributed by atoms with Crippen molar-refractivity contribution in [2.24, 2.45) is 0 Å². The fraction of sp³-hybridized carbons (Fsp3) is 0.250.